The first kappa shape index (κ1) is 16.6. The summed E-state index contributed by atoms with van der Waals surface area (Å²) in [6, 6.07) is 6.63. The zero-order valence-electron chi connectivity index (χ0n) is 14.4. The van der Waals surface area contributed by atoms with E-state index in [0.29, 0.717) is 23.5 Å². The minimum absolute atomic E-state index is 0.339. The van der Waals surface area contributed by atoms with Crippen LogP contribution >= 0.6 is 0 Å². The van der Waals surface area contributed by atoms with Crippen molar-refractivity contribution in [3.63, 3.8) is 0 Å². The van der Waals surface area contributed by atoms with Gasteiger partial charge >= 0.3 is 5.63 Å². The Labute approximate surface area is 145 Å². The van der Waals surface area contributed by atoms with E-state index in [0.717, 1.165) is 24.6 Å². The molecule has 1 aromatic carbocycles. The Balaban J connectivity index is 1.76. The van der Waals surface area contributed by atoms with Gasteiger partial charge in [0.2, 0.25) is 0 Å². The van der Waals surface area contributed by atoms with E-state index in [-0.39, 0.29) is 6.29 Å². The second-order valence-corrected chi connectivity index (χ2v) is 7.15. The molecule has 2 aromatic rings. The van der Waals surface area contributed by atoms with Crippen LogP contribution in [0.3, 0.4) is 0 Å². The standard InChI is InChI=1S/C19H22O6/c1-19(2)18(24-14-5-3-4-10-22-14)16(21)15-12(25-19)8-6-11-7-9-13(20)23-17(11)15/h6-9,14,16,18,21H,3-5,10H2,1-2H3/t14?,16-,18+/m0/s1. The van der Waals surface area contributed by atoms with Gasteiger partial charge in [0.15, 0.2) is 6.29 Å². The van der Waals surface area contributed by atoms with E-state index >= 15 is 0 Å². The van der Waals surface area contributed by atoms with Crippen molar-refractivity contribution >= 4 is 11.0 Å². The molecule has 1 aromatic heterocycles. The molecule has 0 spiro atoms. The number of aliphatic hydroxyl groups is 1. The van der Waals surface area contributed by atoms with Crippen molar-refractivity contribution in [1.29, 1.82) is 0 Å². The quantitative estimate of drug-likeness (QED) is 0.843. The van der Waals surface area contributed by atoms with Gasteiger partial charge in [-0.3, -0.25) is 0 Å². The number of aliphatic hydroxyl groups excluding tert-OH is 1. The Kier molecular flexibility index (Phi) is 4.06. The van der Waals surface area contributed by atoms with Crippen LogP contribution in [0.2, 0.25) is 0 Å². The van der Waals surface area contributed by atoms with E-state index in [1.54, 1.807) is 12.1 Å². The van der Waals surface area contributed by atoms with Crippen molar-refractivity contribution in [2.24, 2.45) is 0 Å². The molecule has 6 heteroatoms. The van der Waals surface area contributed by atoms with Crippen LogP contribution in [0, 0.1) is 0 Å². The molecule has 1 saturated heterocycles. The van der Waals surface area contributed by atoms with Crippen LogP contribution in [0.4, 0.5) is 0 Å². The molecule has 6 nitrogen and oxygen atoms in total. The van der Waals surface area contributed by atoms with Crippen molar-refractivity contribution in [2.75, 3.05) is 6.61 Å². The molecule has 3 atom stereocenters. The minimum Gasteiger partial charge on any atom is -0.484 e. The van der Waals surface area contributed by atoms with Gasteiger partial charge in [0.25, 0.3) is 0 Å². The molecule has 25 heavy (non-hydrogen) atoms. The van der Waals surface area contributed by atoms with Crippen molar-refractivity contribution in [1.82, 2.24) is 0 Å². The van der Waals surface area contributed by atoms with Crippen molar-refractivity contribution < 1.29 is 23.7 Å². The summed E-state index contributed by atoms with van der Waals surface area (Å²) >= 11 is 0. The first-order valence-corrected chi connectivity index (χ1v) is 8.66. The highest BCUT2D eigenvalue weighted by atomic mass is 16.7. The topological polar surface area (TPSA) is 78.1 Å². The summed E-state index contributed by atoms with van der Waals surface area (Å²) < 4.78 is 23.2. The van der Waals surface area contributed by atoms with E-state index in [9.17, 15) is 9.90 Å². The van der Waals surface area contributed by atoms with Gasteiger partial charge in [0.05, 0.1) is 5.56 Å². The molecule has 4 rings (SSSR count). The van der Waals surface area contributed by atoms with Crippen molar-refractivity contribution in [3.8, 4) is 5.75 Å². The molecule has 0 aliphatic carbocycles. The average molecular weight is 346 g/mol. The van der Waals surface area contributed by atoms with Gasteiger partial charge in [-0.05, 0) is 51.3 Å². The lowest BCUT2D eigenvalue weighted by Crippen LogP contribution is -2.52. The zero-order chi connectivity index (χ0) is 17.6. The van der Waals surface area contributed by atoms with Gasteiger partial charge in [-0.15, -0.1) is 0 Å². The third-order valence-electron chi connectivity index (χ3n) is 4.87. The zero-order valence-corrected chi connectivity index (χ0v) is 14.4. The fourth-order valence-corrected chi connectivity index (χ4v) is 3.60. The molecule has 3 heterocycles. The highest BCUT2D eigenvalue weighted by molar-refractivity contribution is 5.83. The lowest BCUT2D eigenvalue weighted by Gasteiger charge is -2.44. The number of ether oxygens (including phenoxy) is 3. The molecular formula is C19H22O6. The maximum absolute atomic E-state index is 11.7. The molecular weight excluding hydrogens is 324 g/mol. The summed E-state index contributed by atoms with van der Waals surface area (Å²) in [4.78, 5) is 11.7. The first-order chi connectivity index (χ1) is 12.0. The fourth-order valence-electron chi connectivity index (χ4n) is 3.60. The van der Waals surface area contributed by atoms with E-state index in [1.807, 2.05) is 19.9 Å². The summed E-state index contributed by atoms with van der Waals surface area (Å²) in [5.41, 5.74) is -0.428. The second kappa shape index (κ2) is 6.12. The molecule has 1 unspecified atom stereocenters. The molecule has 2 aliphatic heterocycles. The summed E-state index contributed by atoms with van der Waals surface area (Å²) in [5.74, 6) is 0.503. The Morgan fingerprint density at radius 3 is 2.76 bits per heavy atom. The van der Waals surface area contributed by atoms with Crippen LogP contribution in [-0.4, -0.2) is 29.7 Å². The molecule has 1 N–H and O–H groups in total. The van der Waals surface area contributed by atoms with Crippen LogP contribution in [0.15, 0.2) is 33.5 Å². The molecule has 0 saturated carbocycles. The number of rotatable bonds is 2. The number of fused-ring (bicyclic) bond motifs is 3. The highest BCUT2D eigenvalue weighted by Gasteiger charge is 2.46. The van der Waals surface area contributed by atoms with Crippen LogP contribution in [0.5, 0.6) is 5.75 Å². The lowest BCUT2D eigenvalue weighted by molar-refractivity contribution is -0.245. The first-order valence-electron chi connectivity index (χ1n) is 8.66. The minimum atomic E-state index is -0.987. The summed E-state index contributed by atoms with van der Waals surface area (Å²) in [7, 11) is 0. The molecule has 2 aliphatic rings. The van der Waals surface area contributed by atoms with Gasteiger partial charge in [-0.2, -0.15) is 0 Å². The molecule has 1 fully saturated rings. The SMILES string of the molecule is CC1(C)Oc2ccc3ccc(=O)oc3c2[C@H](O)[C@H]1OC1CCCCO1. The van der Waals surface area contributed by atoms with E-state index in [2.05, 4.69) is 0 Å². The molecule has 134 valence electrons. The molecule has 0 amide bonds. The third kappa shape index (κ3) is 2.94. The summed E-state index contributed by atoms with van der Waals surface area (Å²) in [5, 5.41) is 11.8. The van der Waals surface area contributed by atoms with Crippen LogP contribution in [-0.2, 0) is 9.47 Å². The number of hydrogen-bond donors (Lipinski definition) is 1. The predicted molar refractivity (Wildman–Crippen MR) is 90.6 cm³/mol. The Bertz CT molecular complexity index is 833. The molecule has 0 radical (unpaired) electrons. The lowest BCUT2D eigenvalue weighted by atomic mass is 9.87. The van der Waals surface area contributed by atoms with Crippen LogP contribution in [0.25, 0.3) is 11.0 Å². The van der Waals surface area contributed by atoms with Gasteiger partial charge in [-0.25, -0.2) is 4.79 Å². The maximum Gasteiger partial charge on any atom is 0.336 e. The number of hydrogen-bond acceptors (Lipinski definition) is 6. The Hall–Kier alpha value is -1.89. The van der Waals surface area contributed by atoms with Gasteiger partial charge in [0, 0.05) is 18.1 Å². The van der Waals surface area contributed by atoms with Gasteiger partial charge < -0.3 is 23.7 Å². The summed E-state index contributed by atoms with van der Waals surface area (Å²) in [6.07, 6.45) is 0.850. The molecule has 0 bridgehead atoms. The maximum atomic E-state index is 11.7. The Morgan fingerprint density at radius 2 is 2.00 bits per heavy atom. The fraction of sp³-hybridized carbons (Fsp3) is 0.526. The summed E-state index contributed by atoms with van der Waals surface area (Å²) in [6.45, 7) is 4.40. The third-order valence-corrected chi connectivity index (χ3v) is 4.87. The van der Waals surface area contributed by atoms with E-state index in [4.69, 9.17) is 18.6 Å². The van der Waals surface area contributed by atoms with Gasteiger partial charge in [-0.1, -0.05) is 0 Å². The van der Waals surface area contributed by atoms with Crippen molar-refractivity contribution in [2.45, 2.75) is 57.2 Å². The monoisotopic (exact) mass is 346 g/mol. The largest absolute Gasteiger partial charge is 0.484 e. The predicted octanol–water partition coefficient (Wildman–Crippen LogP) is 2.91. The smallest absolute Gasteiger partial charge is 0.336 e. The van der Waals surface area contributed by atoms with Crippen LogP contribution < -0.4 is 10.4 Å². The van der Waals surface area contributed by atoms with Gasteiger partial charge in [0.1, 0.15) is 29.1 Å². The number of benzene rings is 1. The average Bonchev–Trinajstić information content (AvgIpc) is 2.58. The normalized spacial score (nSPS) is 28.4. The van der Waals surface area contributed by atoms with Crippen molar-refractivity contribution in [3.05, 3.63) is 40.2 Å². The van der Waals surface area contributed by atoms with E-state index < -0.39 is 23.4 Å². The van der Waals surface area contributed by atoms with E-state index in [1.165, 1.54) is 6.07 Å². The Morgan fingerprint density at radius 1 is 1.20 bits per heavy atom. The van der Waals surface area contributed by atoms with Crippen LogP contribution in [0.1, 0.15) is 44.8 Å². The highest BCUT2D eigenvalue weighted by Crippen LogP contribution is 2.45. The second-order valence-electron chi connectivity index (χ2n) is 7.15.